The van der Waals surface area contributed by atoms with Crippen LogP contribution in [0.15, 0.2) is 36.7 Å². The molecule has 5 amide bonds. The van der Waals surface area contributed by atoms with Crippen LogP contribution < -0.4 is 5.32 Å². The summed E-state index contributed by atoms with van der Waals surface area (Å²) in [4.78, 5) is 60.3. The van der Waals surface area contributed by atoms with Gasteiger partial charge in [-0.05, 0) is 69.9 Å². The van der Waals surface area contributed by atoms with E-state index in [4.69, 9.17) is 4.74 Å². The molecule has 5 heterocycles. The number of carbonyl (C=O) groups excluding carboxylic acids is 4. The van der Waals surface area contributed by atoms with Gasteiger partial charge < -0.3 is 29.7 Å². The molecule has 2 aromatic rings. The second-order valence-electron chi connectivity index (χ2n) is 16.5. The standard InChI is InChI=1S/C37H53N7O6S/c1-36(2,3)24-43-32(46)30(21-31(45)40-16-12-27(13-17-40)42-20-11-25-9-7-8-10-29(25)39-34(42)47)51(49)33(43)26-22-38-44(23-26)28-14-18-41(19-15-28)35(48)50-37(4,5)6/h7-10,22-23,27-28,30,33H,11-21,24H2,1-6H3,(H,39,47)/t30-,33?,51?/m0/s1. The molecule has 1 N–H and O–H groups in total. The Bertz CT molecular complexity index is 1650. The fraction of sp³-hybridized carbons (Fsp3) is 0.649. The van der Waals surface area contributed by atoms with Gasteiger partial charge in [0.25, 0.3) is 0 Å². The van der Waals surface area contributed by atoms with Gasteiger partial charge in [0.15, 0.2) is 0 Å². The van der Waals surface area contributed by atoms with Crippen molar-refractivity contribution in [2.45, 2.75) is 108 Å². The van der Waals surface area contributed by atoms with Crippen LogP contribution in [0.5, 0.6) is 0 Å². The summed E-state index contributed by atoms with van der Waals surface area (Å²) in [5, 5.41) is 6.02. The number of aromatic nitrogens is 2. The SMILES string of the molecule is CC(C)(C)CN1C(=O)[C@H](CC(=O)N2CCC(N3CCc4ccccc4NC3=O)CC2)S(=O)C1c1cnn(C2CCN(C(=O)OC(C)(C)C)CC2)c1. The minimum Gasteiger partial charge on any atom is -0.444 e. The fourth-order valence-electron chi connectivity index (χ4n) is 7.61. The van der Waals surface area contributed by atoms with Crippen LogP contribution in [0.4, 0.5) is 15.3 Å². The molecular formula is C37H53N7O6S. The first-order valence-electron chi connectivity index (χ1n) is 18.2. The molecule has 3 fully saturated rings. The first-order chi connectivity index (χ1) is 24.1. The molecule has 0 spiro atoms. The van der Waals surface area contributed by atoms with E-state index in [0.29, 0.717) is 70.5 Å². The maximum atomic E-state index is 14.2. The van der Waals surface area contributed by atoms with E-state index in [1.54, 1.807) is 20.9 Å². The van der Waals surface area contributed by atoms with Crippen molar-refractivity contribution in [2.24, 2.45) is 5.41 Å². The zero-order chi connectivity index (χ0) is 36.7. The quantitative estimate of drug-likeness (QED) is 0.446. The zero-order valence-corrected chi connectivity index (χ0v) is 31.6. The monoisotopic (exact) mass is 723 g/mol. The van der Waals surface area contributed by atoms with Crippen molar-refractivity contribution < 1.29 is 28.1 Å². The predicted octanol–water partition coefficient (Wildman–Crippen LogP) is 4.93. The minimum atomic E-state index is -1.67. The molecule has 4 aliphatic heterocycles. The molecule has 0 aliphatic carbocycles. The van der Waals surface area contributed by atoms with Gasteiger partial charge in [0.05, 0.1) is 29.5 Å². The number of nitrogens with zero attached hydrogens (tertiary/aromatic N) is 6. The Hall–Kier alpha value is -3.94. The number of anilines is 1. The van der Waals surface area contributed by atoms with Crippen LogP contribution in [0.25, 0.3) is 0 Å². The van der Waals surface area contributed by atoms with Crippen molar-refractivity contribution in [2.75, 3.05) is 44.6 Å². The Kier molecular flexibility index (Phi) is 10.5. The third-order valence-corrected chi connectivity index (χ3v) is 12.0. The number of hydrogen-bond acceptors (Lipinski definition) is 7. The van der Waals surface area contributed by atoms with E-state index in [1.807, 2.05) is 81.6 Å². The highest BCUT2D eigenvalue weighted by molar-refractivity contribution is 7.87. The number of para-hydroxylation sites is 1. The summed E-state index contributed by atoms with van der Waals surface area (Å²) in [5.41, 5.74) is 1.83. The molecule has 0 bridgehead atoms. The first kappa shape index (κ1) is 36.8. The predicted molar refractivity (Wildman–Crippen MR) is 194 cm³/mol. The van der Waals surface area contributed by atoms with Crippen LogP contribution in [-0.4, -0.2) is 114 Å². The molecule has 1 aromatic heterocycles. The van der Waals surface area contributed by atoms with Crippen molar-refractivity contribution in [3.63, 3.8) is 0 Å². The maximum absolute atomic E-state index is 14.2. The van der Waals surface area contributed by atoms with Gasteiger partial charge in [-0.15, -0.1) is 0 Å². The highest BCUT2D eigenvalue weighted by atomic mass is 32.2. The summed E-state index contributed by atoms with van der Waals surface area (Å²) < 4.78 is 21.6. The number of ether oxygens (including phenoxy) is 1. The second kappa shape index (κ2) is 14.6. The lowest BCUT2D eigenvalue weighted by atomic mass is 9.95. The highest BCUT2D eigenvalue weighted by Crippen LogP contribution is 2.39. The summed E-state index contributed by atoms with van der Waals surface area (Å²) in [5.74, 6) is -0.451. The number of piperidine rings is 2. The topological polar surface area (TPSA) is 137 Å². The summed E-state index contributed by atoms with van der Waals surface area (Å²) in [7, 11) is -1.67. The van der Waals surface area contributed by atoms with Gasteiger partial charge in [0.2, 0.25) is 11.8 Å². The van der Waals surface area contributed by atoms with E-state index in [2.05, 4.69) is 10.4 Å². The number of likely N-dealkylation sites (tertiary alicyclic amines) is 2. The van der Waals surface area contributed by atoms with Crippen molar-refractivity contribution in [3.05, 3.63) is 47.8 Å². The van der Waals surface area contributed by atoms with Crippen LogP contribution >= 0.6 is 0 Å². The van der Waals surface area contributed by atoms with Gasteiger partial charge in [-0.3, -0.25) is 18.5 Å². The van der Waals surface area contributed by atoms with E-state index < -0.39 is 27.0 Å². The molecule has 4 aliphatic rings. The van der Waals surface area contributed by atoms with E-state index in [9.17, 15) is 23.4 Å². The van der Waals surface area contributed by atoms with Crippen molar-refractivity contribution in [1.29, 1.82) is 0 Å². The highest BCUT2D eigenvalue weighted by Gasteiger charge is 2.49. The molecule has 13 nitrogen and oxygen atoms in total. The Morgan fingerprint density at radius 2 is 1.57 bits per heavy atom. The van der Waals surface area contributed by atoms with Gasteiger partial charge in [-0.2, -0.15) is 5.10 Å². The molecule has 3 atom stereocenters. The second-order valence-corrected chi connectivity index (χ2v) is 18.2. The average molecular weight is 724 g/mol. The van der Waals surface area contributed by atoms with Crippen LogP contribution in [-0.2, 0) is 31.5 Å². The third kappa shape index (κ3) is 8.42. The Labute approximate surface area is 303 Å². The van der Waals surface area contributed by atoms with Gasteiger partial charge in [0.1, 0.15) is 16.2 Å². The Balaban J connectivity index is 1.08. The van der Waals surface area contributed by atoms with Crippen molar-refractivity contribution in [1.82, 2.24) is 29.4 Å². The smallest absolute Gasteiger partial charge is 0.410 e. The van der Waals surface area contributed by atoms with Gasteiger partial charge in [-0.25, -0.2) is 9.59 Å². The normalized spacial score (nSPS) is 24.0. The lowest BCUT2D eigenvalue weighted by molar-refractivity contribution is -0.137. The number of benzene rings is 1. The third-order valence-electron chi connectivity index (χ3n) is 10.1. The Morgan fingerprint density at radius 3 is 2.24 bits per heavy atom. The van der Waals surface area contributed by atoms with E-state index >= 15 is 0 Å². The molecule has 278 valence electrons. The fourth-order valence-corrected chi connectivity index (χ4v) is 9.38. The molecule has 1 aromatic carbocycles. The largest absolute Gasteiger partial charge is 0.444 e. The van der Waals surface area contributed by atoms with Gasteiger partial charge in [-0.1, -0.05) is 39.0 Å². The lowest BCUT2D eigenvalue weighted by Crippen LogP contribution is -2.50. The summed E-state index contributed by atoms with van der Waals surface area (Å²) in [6.45, 7) is 14.7. The summed E-state index contributed by atoms with van der Waals surface area (Å²) in [6, 6.07) is 7.80. The molecule has 6 rings (SSSR count). The molecular weight excluding hydrogens is 671 g/mol. The summed E-state index contributed by atoms with van der Waals surface area (Å²) >= 11 is 0. The number of carbonyl (C=O) groups is 4. The molecule has 0 saturated carbocycles. The number of amides is 5. The molecule has 14 heteroatoms. The molecule has 51 heavy (non-hydrogen) atoms. The number of nitrogens with one attached hydrogen (secondary N) is 1. The van der Waals surface area contributed by atoms with E-state index in [-0.39, 0.29) is 47.9 Å². The van der Waals surface area contributed by atoms with Crippen LogP contribution in [0.2, 0.25) is 0 Å². The first-order valence-corrected chi connectivity index (χ1v) is 19.5. The summed E-state index contributed by atoms with van der Waals surface area (Å²) in [6.07, 6.45) is 6.58. The zero-order valence-electron chi connectivity index (χ0n) is 30.8. The number of rotatable bonds is 6. The molecule has 2 unspecified atom stereocenters. The number of fused-ring (bicyclic) bond motifs is 1. The molecule has 3 saturated heterocycles. The van der Waals surface area contributed by atoms with E-state index in [1.165, 1.54) is 0 Å². The maximum Gasteiger partial charge on any atom is 0.410 e. The average Bonchev–Trinajstić information content (AvgIpc) is 3.57. The van der Waals surface area contributed by atoms with E-state index in [0.717, 1.165) is 17.7 Å². The van der Waals surface area contributed by atoms with Gasteiger partial charge in [0, 0.05) is 62.8 Å². The number of hydrogen-bond donors (Lipinski definition) is 1. The lowest BCUT2D eigenvalue weighted by Gasteiger charge is -2.38. The Morgan fingerprint density at radius 1 is 0.922 bits per heavy atom. The van der Waals surface area contributed by atoms with Gasteiger partial charge >= 0.3 is 12.1 Å². The number of urea groups is 1. The minimum absolute atomic E-state index is 0.0124. The van der Waals surface area contributed by atoms with Crippen molar-refractivity contribution >= 4 is 40.4 Å². The van der Waals surface area contributed by atoms with Crippen LogP contribution in [0, 0.1) is 5.41 Å². The van der Waals surface area contributed by atoms with Crippen LogP contribution in [0.3, 0.4) is 0 Å². The van der Waals surface area contributed by atoms with Crippen LogP contribution in [0.1, 0.15) is 96.2 Å². The van der Waals surface area contributed by atoms with Crippen molar-refractivity contribution in [3.8, 4) is 0 Å². The molecule has 0 radical (unpaired) electrons.